The smallest absolute Gasteiger partial charge is 0.207 e. The van der Waals surface area contributed by atoms with E-state index in [0.717, 1.165) is 13.1 Å². The molecule has 170 valence electrons. The second-order valence-corrected chi connectivity index (χ2v) is 10.8. The second-order valence-electron chi connectivity index (χ2n) is 7.86. The topological polar surface area (TPSA) is 85.0 Å². The highest BCUT2D eigenvalue weighted by Gasteiger charge is 2.37. The molecule has 2 aliphatic rings. The first-order valence-electron chi connectivity index (χ1n) is 11.0. The summed E-state index contributed by atoms with van der Waals surface area (Å²) in [5.41, 5.74) is 0.335. The molecule has 1 saturated heterocycles. The van der Waals surface area contributed by atoms with Crippen LogP contribution in [0, 0.1) is 22.7 Å². The summed E-state index contributed by atoms with van der Waals surface area (Å²) >= 11 is 1.78. The van der Waals surface area contributed by atoms with Crippen LogP contribution in [0.1, 0.15) is 29.7 Å². The number of sulfone groups is 1. The summed E-state index contributed by atoms with van der Waals surface area (Å²) in [6.07, 6.45) is 16.3. The van der Waals surface area contributed by atoms with Gasteiger partial charge in [0.05, 0.1) is 14.8 Å². The molecule has 0 radical (unpaired) electrons. The molecule has 2 aliphatic heterocycles. The Labute approximate surface area is 204 Å². The molecule has 1 fully saturated rings. The van der Waals surface area contributed by atoms with Gasteiger partial charge in [-0.1, -0.05) is 48.6 Å². The van der Waals surface area contributed by atoms with E-state index in [9.17, 15) is 18.9 Å². The van der Waals surface area contributed by atoms with E-state index in [1.807, 2.05) is 30.4 Å². The molecule has 5 nitrogen and oxygen atoms in total. The monoisotopic (exact) mass is 485 g/mol. The van der Waals surface area contributed by atoms with Gasteiger partial charge in [0.2, 0.25) is 9.84 Å². The van der Waals surface area contributed by atoms with Crippen LogP contribution in [0.25, 0.3) is 11.6 Å². The zero-order valence-electron chi connectivity index (χ0n) is 18.5. The van der Waals surface area contributed by atoms with E-state index in [0.29, 0.717) is 5.56 Å². The van der Waals surface area contributed by atoms with Gasteiger partial charge in [-0.2, -0.15) is 10.5 Å². The van der Waals surface area contributed by atoms with Crippen LogP contribution in [-0.4, -0.2) is 21.5 Å². The molecule has 0 spiro atoms. The fourth-order valence-corrected chi connectivity index (χ4v) is 6.73. The number of anilines is 1. The van der Waals surface area contributed by atoms with Crippen molar-refractivity contribution in [3.05, 3.63) is 93.8 Å². The number of hydrogen-bond donors (Lipinski definition) is 0. The van der Waals surface area contributed by atoms with Crippen molar-refractivity contribution in [1.29, 1.82) is 10.5 Å². The lowest BCUT2D eigenvalue weighted by atomic mass is 10.0. The van der Waals surface area contributed by atoms with E-state index in [-0.39, 0.29) is 20.9 Å². The highest BCUT2D eigenvalue weighted by molar-refractivity contribution is 7.96. The van der Waals surface area contributed by atoms with E-state index in [4.69, 9.17) is 0 Å². The average molecular weight is 486 g/mol. The van der Waals surface area contributed by atoms with E-state index in [1.165, 1.54) is 41.3 Å². The van der Waals surface area contributed by atoms with Crippen LogP contribution in [0.5, 0.6) is 0 Å². The van der Waals surface area contributed by atoms with Crippen LogP contribution in [-0.2, 0) is 9.84 Å². The number of fused-ring (bicyclic) bond motifs is 1. The molecular weight excluding hydrogens is 462 g/mol. The normalized spacial score (nSPS) is 18.6. The van der Waals surface area contributed by atoms with E-state index < -0.39 is 9.84 Å². The van der Waals surface area contributed by atoms with Crippen LogP contribution in [0.4, 0.5) is 5.00 Å². The molecule has 0 atom stereocenters. The first kappa shape index (κ1) is 23.5. The molecule has 0 bridgehead atoms. The predicted molar refractivity (Wildman–Crippen MR) is 138 cm³/mol. The third-order valence-electron chi connectivity index (χ3n) is 5.69. The van der Waals surface area contributed by atoms with Crippen LogP contribution < -0.4 is 4.90 Å². The van der Waals surface area contributed by atoms with E-state index >= 15 is 0 Å². The molecule has 1 aromatic carbocycles. The average Bonchev–Trinajstić information content (AvgIpc) is 3.42. The van der Waals surface area contributed by atoms with Gasteiger partial charge in [0.15, 0.2) is 0 Å². The van der Waals surface area contributed by atoms with E-state index in [2.05, 4.69) is 17.0 Å². The lowest BCUT2D eigenvalue weighted by Crippen LogP contribution is -2.28. The quantitative estimate of drug-likeness (QED) is 0.381. The van der Waals surface area contributed by atoms with Gasteiger partial charge >= 0.3 is 0 Å². The van der Waals surface area contributed by atoms with Gasteiger partial charge in [0, 0.05) is 29.1 Å². The summed E-state index contributed by atoms with van der Waals surface area (Å²) in [6.45, 7) is 2.26. The number of allylic oxidation sites excluding steroid dienone is 8. The molecule has 7 heteroatoms. The summed E-state index contributed by atoms with van der Waals surface area (Å²) < 4.78 is 26.0. The maximum absolute atomic E-state index is 13.0. The number of piperidine rings is 1. The number of nitriles is 2. The highest BCUT2D eigenvalue weighted by atomic mass is 32.2. The fourth-order valence-electron chi connectivity index (χ4n) is 4.06. The maximum Gasteiger partial charge on any atom is 0.207 e. The predicted octanol–water partition coefficient (Wildman–Crippen LogP) is 6.04. The summed E-state index contributed by atoms with van der Waals surface area (Å²) in [5.74, 6) is 0. The van der Waals surface area contributed by atoms with Crippen LogP contribution in [0.15, 0.2) is 88.2 Å². The Kier molecular flexibility index (Phi) is 7.27. The number of hydrogen-bond acceptors (Lipinski definition) is 6. The number of benzene rings is 1. The molecule has 1 aromatic heterocycles. The van der Waals surface area contributed by atoms with Crippen LogP contribution >= 0.6 is 11.3 Å². The van der Waals surface area contributed by atoms with E-state index in [1.54, 1.807) is 47.8 Å². The van der Waals surface area contributed by atoms with Crippen molar-refractivity contribution in [1.82, 2.24) is 0 Å². The third-order valence-corrected chi connectivity index (χ3v) is 8.65. The minimum atomic E-state index is -3.79. The third kappa shape index (κ3) is 4.82. The van der Waals surface area contributed by atoms with Crippen molar-refractivity contribution in [3.8, 4) is 12.1 Å². The Balaban J connectivity index is 1.48. The lowest BCUT2D eigenvalue weighted by molar-refractivity contribution is 0.580. The number of nitrogens with zero attached hydrogens (tertiary/aromatic N) is 3. The second kappa shape index (κ2) is 10.5. The minimum absolute atomic E-state index is 0.0316. The molecule has 34 heavy (non-hydrogen) atoms. The number of rotatable bonds is 5. The summed E-state index contributed by atoms with van der Waals surface area (Å²) in [7, 11) is -3.79. The van der Waals surface area contributed by atoms with Gasteiger partial charge in [-0.15, -0.1) is 11.3 Å². The molecule has 0 saturated carbocycles. The molecule has 2 aromatic rings. The van der Waals surface area contributed by atoms with Gasteiger partial charge < -0.3 is 4.90 Å². The first-order chi connectivity index (χ1) is 16.6. The molecule has 0 N–H and O–H groups in total. The van der Waals surface area contributed by atoms with Crippen molar-refractivity contribution in [2.45, 2.75) is 24.2 Å². The highest BCUT2D eigenvalue weighted by Crippen LogP contribution is 2.44. The van der Waals surface area contributed by atoms with Gasteiger partial charge in [0.25, 0.3) is 0 Å². The largest absolute Gasteiger partial charge is 0.363 e. The van der Waals surface area contributed by atoms with Crippen molar-refractivity contribution in [2.75, 3.05) is 18.0 Å². The molecule has 0 unspecified atom stereocenters. The van der Waals surface area contributed by atoms with Gasteiger partial charge in [-0.05, 0) is 49.6 Å². The molecular formula is C27H23N3O2S2. The van der Waals surface area contributed by atoms with Crippen LogP contribution in [0.3, 0.4) is 0 Å². The maximum atomic E-state index is 13.0. The van der Waals surface area contributed by atoms with Crippen molar-refractivity contribution in [2.24, 2.45) is 0 Å². The van der Waals surface area contributed by atoms with Crippen molar-refractivity contribution >= 4 is 37.8 Å². The fraction of sp³-hybridized carbons (Fsp3) is 0.185. The Morgan fingerprint density at radius 1 is 0.912 bits per heavy atom. The summed E-state index contributed by atoms with van der Waals surface area (Å²) in [4.78, 5) is 3.71. The number of thiophene rings is 1. The van der Waals surface area contributed by atoms with Gasteiger partial charge in [-0.3, -0.25) is 0 Å². The SMILES string of the molecule is N#CC(C#N)=C1/C(=C/C=C/C=C/C=C/c2ccc(N3CCCCC3)s2)S(=O)(=O)c2ccccc21. The van der Waals surface area contributed by atoms with Crippen LogP contribution in [0.2, 0.25) is 0 Å². The Bertz CT molecular complexity index is 1400. The Morgan fingerprint density at radius 3 is 2.38 bits per heavy atom. The van der Waals surface area contributed by atoms with Crippen molar-refractivity contribution in [3.63, 3.8) is 0 Å². The zero-order chi connectivity index (χ0) is 24.0. The zero-order valence-corrected chi connectivity index (χ0v) is 20.1. The van der Waals surface area contributed by atoms with Gasteiger partial charge in [0.1, 0.15) is 17.7 Å². The molecule has 0 amide bonds. The van der Waals surface area contributed by atoms with Crippen molar-refractivity contribution < 1.29 is 8.42 Å². The molecule has 0 aliphatic carbocycles. The summed E-state index contributed by atoms with van der Waals surface area (Å²) in [6, 6.07) is 14.4. The minimum Gasteiger partial charge on any atom is -0.363 e. The molecule has 3 heterocycles. The molecule has 4 rings (SSSR count). The Morgan fingerprint density at radius 2 is 1.62 bits per heavy atom. The standard InChI is InChI=1S/C27H23N3O2S2/c28-19-21(20-29)27-23-12-7-8-13-24(23)34(31,32)25(27)14-6-3-1-2-5-11-22-15-16-26(33-22)30-17-9-4-10-18-30/h1-3,5-8,11-16H,4,9-10,17-18H2/b2-1+,6-3+,11-5+,25-14-. The lowest BCUT2D eigenvalue weighted by Gasteiger charge is -2.27. The summed E-state index contributed by atoms with van der Waals surface area (Å²) in [5, 5.41) is 20.0. The van der Waals surface area contributed by atoms with Gasteiger partial charge in [-0.25, -0.2) is 8.42 Å². The first-order valence-corrected chi connectivity index (χ1v) is 13.3. The Hall–Kier alpha value is -3.65.